The lowest BCUT2D eigenvalue weighted by Gasteiger charge is -2.32. The van der Waals surface area contributed by atoms with Gasteiger partial charge in [0, 0.05) is 18.7 Å². The number of amides is 2. The minimum absolute atomic E-state index is 0.0606. The van der Waals surface area contributed by atoms with Crippen molar-refractivity contribution in [3.05, 3.63) is 64.7 Å². The van der Waals surface area contributed by atoms with Crippen molar-refractivity contribution in [1.82, 2.24) is 14.9 Å². The molecule has 0 bridgehead atoms. The van der Waals surface area contributed by atoms with Crippen LogP contribution in [0.3, 0.4) is 0 Å². The molecule has 3 heterocycles. The van der Waals surface area contributed by atoms with E-state index in [-0.39, 0.29) is 36.3 Å². The van der Waals surface area contributed by atoms with Gasteiger partial charge in [-0.15, -0.1) is 0 Å². The molecule has 0 spiro atoms. The number of piperazine rings is 1. The van der Waals surface area contributed by atoms with E-state index in [0.29, 0.717) is 10.7 Å². The van der Waals surface area contributed by atoms with Crippen LogP contribution in [0.5, 0.6) is 0 Å². The zero-order valence-electron chi connectivity index (χ0n) is 18.9. The minimum Gasteiger partial charge on any atom is -0.465 e. The van der Waals surface area contributed by atoms with Gasteiger partial charge in [-0.25, -0.2) is 14.8 Å². The summed E-state index contributed by atoms with van der Waals surface area (Å²) in [4.78, 5) is 34.4. The van der Waals surface area contributed by atoms with Gasteiger partial charge in [-0.1, -0.05) is 35.9 Å². The van der Waals surface area contributed by atoms with E-state index >= 15 is 0 Å². The van der Waals surface area contributed by atoms with E-state index in [9.17, 15) is 18.0 Å². The summed E-state index contributed by atoms with van der Waals surface area (Å²) < 4.78 is 28.6. The Morgan fingerprint density at radius 2 is 1.71 bits per heavy atom. The van der Waals surface area contributed by atoms with Crippen LogP contribution in [-0.4, -0.2) is 60.0 Å². The van der Waals surface area contributed by atoms with Crippen molar-refractivity contribution >= 4 is 45.3 Å². The number of pyridine rings is 2. The molecule has 0 radical (unpaired) electrons. The van der Waals surface area contributed by atoms with Crippen molar-refractivity contribution in [3.63, 3.8) is 0 Å². The number of sulfonamides is 1. The predicted molar refractivity (Wildman–Crippen MR) is 131 cm³/mol. The first kappa shape index (κ1) is 24.4. The standard InChI is InChI=1S/C23H22ClN5O5S/c1-14-5-3-6-15(2)21(14)22-16(24)9-10-17(25-22)27-35(33,34)19-8-4-7-18(26-19)29-12-11-28(23(31)32)13-20(29)30/h3-10H,11-13H2,1-2H3,(H,25,27)(H,31,32). The summed E-state index contributed by atoms with van der Waals surface area (Å²) in [7, 11) is -4.16. The molecule has 10 nitrogen and oxygen atoms in total. The molecule has 2 N–H and O–H groups in total. The highest BCUT2D eigenvalue weighted by Crippen LogP contribution is 2.32. The maximum atomic E-state index is 13.1. The maximum absolute atomic E-state index is 13.1. The first-order valence-electron chi connectivity index (χ1n) is 10.6. The number of aromatic nitrogens is 2. The average molecular weight is 516 g/mol. The van der Waals surface area contributed by atoms with Crippen molar-refractivity contribution in [2.45, 2.75) is 18.9 Å². The van der Waals surface area contributed by atoms with Crippen LogP contribution in [0, 0.1) is 13.8 Å². The number of aryl methyl sites for hydroxylation is 2. The lowest BCUT2D eigenvalue weighted by molar-refractivity contribution is -0.120. The number of rotatable bonds is 5. The lowest BCUT2D eigenvalue weighted by atomic mass is 9.99. The smallest absolute Gasteiger partial charge is 0.407 e. The molecule has 3 aromatic rings. The van der Waals surface area contributed by atoms with E-state index in [1.807, 2.05) is 32.0 Å². The Bertz CT molecular complexity index is 1410. The summed E-state index contributed by atoms with van der Waals surface area (Å²) in [5.41, 5.74) is 3.16. The molecule has 2 aromatic heterocycles. The number of hydrogen-bond acceptors (Lipinski definition) is 6. The van der Waals surface area contributed by atoms with Crippen LogP contribution in [0.15, 0.2) is 53.6 Å². The van der Waals surface area contributed by atoms with Gasteiger partial charge in [0.15, 0.2) is 5.03 Å². The maximum Gasteiger partial charge on any atom is 0.407 e. The second-order valence-corrected chi connectivity index (χ2v) is 10.0. The number of carboxylic acid groups (broad SMARTS) is 1. The van der Waals surface area contributed by atoms with Crippen LogP contribution in [0.2, 0.25) is 5.02 Å². The van der Waals surface area contributed by atoms with E-state index in [2.05, 4.69) is 14.7 Å². The predicted octanol–water partition coefficient (Wildman–Crippen LogP) is 3.54. The van der Waals surface area contributed by atoms with E-state index in [0.717, 1.165) is 21.6 Å². The first-order valence-corrected chi connectivity index (χ1v) is 12.4. The zero-order valence-corrected chi connectivity index (χ0v) is 20.5. The van der Waals surface area contributed by atoms with Crippen LogP contribution in [0.4, 0.5) is 16.4 Å². The number of carbonyl (C=O) groups is 2. The number of carbonyl (C=O) groups excluding carboxylic acids is 1. The highest BCUT2D eigenvalue weighted by Gasteiger charge is 2.29. The third-order valence-corrected chi connectivity index (χ3v) is 7.12. The number of benzene rings is 1. The first-order chi connectivity index (χ1) is 16.6. The molecule has 0 aliphatic carbocycles. The third kappa shape index (κ3) is 5.05. The van der Waals surface area contributed by atoms with E-state index in [1.54, 1.807) is 6.07 Å². The van der Waals surface area contributed by atoms with Crippen molar-refractivity contribution in [2.75, 3.05) is 29.3 Å². The Labute approximate surface area is 207 Å². The molecule has 4 rings (SSSR count). The number of halogens is 1. The minimum atomic E-state index is -4.16. The van der Waals surface area contributed by atoms with Gasteiger partial charge in [-0.3, -0.25) is 19.3 Å². The number of nitrogens with one attached hydrogen (secondary N) is 1. The lowest BCUT2D eigenvalue weighted by Crippen LogP contribution is -2.52. The zero-order chi connectivity index (χ0) is 25.3. The second-order valence-electron chi connectivity index (χ2n) is 7.98. The molecule has 1 fully saturated rings. The van der Waals surface area contributed by atoms with Crippen LogP contribution in [0.25, 0.3) is 11.3 Å². The Morgan fingerprint density at radius 3 is 2.37 bits per heavy atom. The van der Waals surface area contributed by atoms with Crippen LogP contribution in [0.1, 0.15) is 11.1 Å². The highest BCUT2D eigenvalue weighted by molar-refractivity contribution is 7.92. The van der Waals surface area contributed by atoms with Crippen molar-refractivity contribution in [2.24, 2.45) is 0 Å². The molecular weight excluding hydrogens is 494 g/mol. The van der Waals surface area contributed by atoms with Crippen molar-refractivity contribution < 1.29 is 23.1 Å². The number of hydrogen-bond donors (Lipinski definition) is 2. The molecule has 1 aromatic carbocycles. The molecule has 12 heteroatoms. The molecule has 1 aliphatic rings. The Morgan fingerprint density at radius 1 is 1.03 bits per heavy atom. The van der Waals surface area contributed by atoms with Gasteiger partial charge in [0.2, 0.25) is 5.91 Å². The van der Waals surface area contributed by atoms with Gasteiger partial charge in [0.25, 0.3) is 10.0 Å². The fourth-order valence-electron chi connectivity index (χ4n) is 3.83. The molecule has 0 atom stereocenters. The summed E-state index contributed by atoms with van der Waals surface area (Å²) >= 11 is 6.38. The molecule has 1 saturated heterocycles. The Balaban J connectivity index is 1.61. The molecule has 1 aliphatic heterocycles. The van der Waals surface area contributed by atoms with Crippen LogP contribution < -0.4 is 9.62 Å². The quantitative estimate of drug-likeness (QED) is 0.531. The van der Waals surface area contributed by atoms with Crippen molar-refractivity contribution in [1.29, 1.82) is 0 Å². The Hall–Kier alpha value is -3.70. The molecule has 182 valence electrons. The fourth-order valence-corrected chi connectivity index (χ4v) is 5.00. The van der Waals surface area contributed by atoms with E-state index in [1.165, 1.54) is 29.2 Å². The fraction of sp³-hybridized carbons (Fsp3) is 0.217. The summed E-state index contributed by atoms with van der Waals surface area (Å²) in [5, 5.41) is 9.15. The highest BCUT2D eigenvalue weighted by atomic mass is 35.5. The van der Waals surface area contributed by atoms with Gasteiger partial charge in [0.1, 0.15) is 18.2 Å². The van der Waals surface area contributed by atoms with Gasteiger partial charge in [0.05, 0.1) is 10.7 Å². The summed E-state index contributed by atoms with van der Waals surface area (Å²) in [6, 6.07) is 13.0. The number of nitrogens with zero attached hydrogens (tertiary/aromatic N) is 4. The molecular formula is C23H22ClN5O5S. The van der Waals surface area contributed by atoms with E-state index in [4.69, 9.17) is 16.7 Å². The molecule has 35 heavy (non-hydrogen) atoms. The topological polar surface area (TPSA) is 133 Å². The molecule has 0 saturated carbocycles. The SMILES string of the molecule is Cc1cccc(C)c1-c1nc(NS(=O)(=O)c2cccc(N3CCN(C(=O)O)CC3=O)n2)ccc1Cl. The van der Waals surface area contributed by atoms with Gasteiger partial charge >= 0.3 is 6.09 Å². The summed E-state index contributed by atoms with van der Waals surface area (Å²) in [6.45, 7) is 3.66. The third-order valence-electron chi connectivity index (χ3n) is 5.55. The summed E-state index contributed by atoms with van der Waals surface area (Å²) in [5.74, 6) is -0.320. The average Bonchev–Trinajstić information content (AvgIpc) is 2.80. The summed E-state index contributed by atoms with van der Waals surface area (Å²) in [6.07, 6.45) is -1.19. The van der Waals surface area contributed by atoms with Gasteiger partial charge < -0.3 is 5.11 Å². The van der Waals surface area contributed by atoms with Gasteiger partial charge in [-0.05, 0) is 49.2 Å². The van der Waals surface area contributed by atoms with E-state index < -0.39 is 22.0 Å². The Kier molecular flexibility index (Phi) is 6.64. The largest absolute Gasteiger partial charge is 0.465 e. The van der Waals surface area contributed by atoms with Crippen LogP contribution in [-0.2, 0) is 14.8 Å². The molecule has 0 unspecified atom stereocenters. The normalized spacial score (nSPS) is 14.2. The van der Waals surface area contributed by atoms with Crippen LogP contribution >= 0.6 is 11.6 Å². The number of anilines is 2. The van der Waals surface area contributed by atoms with Crippen molar-refractivity contribution in [3.8, 4) is 11.3 Å². The second kappa shape index (κ2) is 9.51. The molecule has 2 amide bonds. The van der Waals surface area contributed by atoms with Gasteiger partial charge in [-0.2, -0.15) is 8.42 Å². The monoisotopic (exact) mass is 515 g/mol.